The van der Waals surface area contributed by atoms with Crippen LogP contribution < -0.4 is 14.8 Å². The maximum Gasteiger partial charge on any atom is 0.350 e. The van der Waals surface area contributed by atoms with Crippen LogP contribution in [0.5, 0.6) is 11.5 Å². The van der Waals surface area contributed by atoms with Gasteiger partial charge in [-0.05, 0) is 48.3 Å². The van der Waals surface area contributed by atoms with Crippen LogP contribution in [0.25, 0.3) is 0 Å². The Bertz CT molecular complexity index is 837. The van der Waals surface area contributed by atoms with Crippen LogP contribution in [0.2, 0.25) is 0 Å². The highest BCUT2D eigenvalue weighted by Crippen LogP contribution is 2.37. The number of thiazole rings is 1. The zero-order chi connectivity index (χ0) is 20.0. The van der Waals surface area contributed by atoms with Crippen molar-refractivity contribution in [3.05, 3.63) is 32.7 Å². The van der Waals surface area contributed by atoms with E-state index in [-0.39, 0.29) is 12.5 Å². The number of amides is 1. The number of anilines is 1. The molecule has 27 heavy (non-hydrogen) atoms. The minimum Gasteiger partial charge on any atom is -0.493 e. The van der Waals surface area contributed by atoms with Gasteiger partial charge in [-0.3, -0.25) is 10.1 Å². The molecule has 1 N–H and O–H groups in total. The lowest BCUT2D eigenvalue weighted by Gasteiger charge is -2.13. The maximum absolute atomic E-state index is 12.6. The molecule has 7 nitrogen and oxygen atoms in total. The summed E-state index contributed by atoms with van der Waals surface area (Å²) < 4.78 is 16.6. The van der Waals surface area contributed by atoms with E-state index < -0.39 is 5.97 Å². The fraction of sp³-hybridized carbons (Fsp3) is 0.389. The lowest BCUT2D eigenvalue weighted by molar-refractivity contribution is 0.0531. The number of esters is 1. The van der Waals surface area contributed by atoms with Crippen LogP contribution in [-0.2, 0) is 4.74 Å². The third kappa shape index (κ3) is 5.20. The Morgan fingerprint density at radius 2 is 2.04 bits per heavy atom. The second-order valence-electron chi connectivity index (χ2n) is 5.45. The van der Waals surface area contributed by atoms with Crippen LogP contribution in [0.3, 0.4) is 0 Å². The normalized spacial score (nSPS) is 10.4. The predicted molar refractivity (Wildman–Crippen MR) is 107 cm³/mol. The van der Waals surface area contributed by atoms with E-state index in [1.165, 1.54) is 7.11 Å². The lowest BCUT2D eigenvalue weighted by atomic mass is 10.2. The van der Waals surface area contributed by atoms with Crippen molar-refractivity contribution in [1.82, 2.24) is 4.98 Å². The molecule has 146 valence electrons. The monoisotopic (exact) mass is 456 g/mol. The molecule has 0 saturated heterocycles. The molecule has 2 rings (SSSR count). The summed E-state index contributed by atoms with van der Waals surface area (Å²) in [5.74, 6) is 0.172. The van der Waals surface area contributed by atoms with Crippen molar-refractivity contribution in [2.45, 2.75) is 27.2 Å². The van der Waals surface area contributed by atoms with Crippen LogP contribution in [0.1, 0.15) is 46.0 Å². The first-order chi connectivity index (χ1) is 12.9. The van der Waals surface area contributed by atoms with Gasteiger partial charge in [0.05, 0.1) is 30.5 Å². The molecule has 0 bridgehead atoms. The molecule has 0 radical (unpaired) electrons. The van der Waals surface area contributed by atoms with Crippen LogP contribution in [0, 0.1) is 6.92 Å². The number of ether oxygens (including phenoxy) is 3. The van der Waals surface area contributed by atoms with E-state index in [0.29, 0.717) is 43.8 Å². The Balaban J connectivity index is 2.22. The van der Waals surface area contributed by atoms with Gasteiger partial charge in [0.15, 0.2) is 16.6 Å². The standard InChI is InChI=1S/C18H21BrN2O5S/c1-5-7-26-14-12(19)8-11(9-13(14)24-4)16(22)21-18-20-10(3)15(27-18)17(23)25-6-2/h8-9H,5-7H2,1-4H3,(H,20,21,22). The summed E-state index contributed by atoms with van der Waals surface area (Å²) in [4.78, 5) is 29.1. The number of methoxy groups -OCH3 is 1. The van der Waals surface area contributed by atoms with Gasteiger partial charge in [0, 0.05) is 5.56 Å². The van der Waals surface area contributed by atoms with Gasteiger partial charge < -0.3 is 14.2 Å². The fourth-order valence-electron chi connectivity index (χ4n) is 2.20. The highest BCUT2D eigenvalue weighted by Gasteiger charge is 2.20. The van der Waals surface area contributed by atoms with Crippen LogP contribution in [0.15, 0.2) is 16.6 Å². The van der Waals surface area contributed by atoms with Crippen molar-refractivity contribution in [3.8, 4) is 11.5 Å². The number of hydrogen-bond donors (Lipinski definition) is 1. The molecular formula is C18H21BrN2O5S. The average Bonchev–Trinajstić information content (AvgIpc) is 3.00. The first kappa shape index (κ1) is 21.2. The quantitative estimate of drug-likeness (QED) is 0.590. The molecule has 0 saturated carbocycles. The summed E-state index contributed by atoms with van der Waals surface area (Å²) in [6.07, 6.45) is 0.851. The van der Waals surface area contributed by atoms with Crippen LogP contribution >= 0.6 is 27.3 Å². The van der Waals surface area contributed by atoms with Crippen molar-refractivity contribution in [1.29, 1.82) is 0 Å². The molecule has 9 heteroatoms. The molecule has 0 fully saturated rings. The number of aromatic nitrogens is 1. The SMILES string of the molecule is CCCOc1c(Br)cc(C(=O)Nc2nc(C)c(C(=O)OCC)s2)cc1OC. The molecule has 1 amide bonds. The summed E-state index contributed by atoms with van der Waals surface area (Å²) in [6.45, 7) is 6.24. The Labute approximate surface area is 170 Å². The molecular weight excluding hydrogens is 436 g/mol. The molecule has 1 aromatic carbocycles. The summed E-state index contributed by atoms with van der Waals surface area (Å²) in [6, 6.07) is 3.24. The molecule has 0 aliphatic heterocycles. The molecule has 2 aromatic rings. The third-order valence-electron chi connectivity index (χ3n) is 3.42. The topological polar surface area (TPSA) is 86.8 Å². The van der Waals surface area contributed by atoms with Gasteiger partial charge in [0.1, 0.15) is 4.88 Å². The molecule has 1 aromatic heterocycles. The molecule has 0 spiro atoms. The fourth-order valence-corrected chi connectivity index (χ4v) is 3.61. The van der Waals surface area contributed by atoms with E-state index in [1.807, 2.05) is 6.92 Å². The average molecular weight is 457 g/mol. The Morgan fingerprint density at radius 3 is 2.67 bits per heavy atom. The largest absolute Gasteiger partial charge is 0.493 e. The number of benzene rings is 1. The predicted octanol–water partition coefficient (Wildman–Crippen LogP) is 4.44. The number of carbonyl (C=O) groups is 2. The van der Waals surface area contributed by atoms with E-state index in [1.54, 1.807) is 26.0 Å². The first-order valence-electron chi connectivity index (χ1n) is 8.37. The van der Waals surface area contributed by atoms with Crippen molar-refractivity contribution < 1.29 is 23.8 Å². The van der Waals surface area contributed by atoms with Crippen molar-refractivity contribution in [2.75, 3.05) is 25.6 Å². The number of halogens is 1. The Kier molecular flexibility index (Phi) is 7.61. The van der Waals surface area contributed by atoms with Gasteiger partial charge in [0.2, 0.25) is 0 Å². The number of carbonyl (C=O) groups excluding carboxylic acids is 2. The van der Waals surface area contributed by atoms with E-state index >= 15 is 0 Å². The molecule has 0 unspecified atom stereocenters. The van der Waals surface area contributed by atoms with Gasteiger partial charge in [-0.15, -0.1) is 0 Å². The van der Waals surface area contributed by atoms with Gasteiger partial charge in [-0.25, -0.2) is 9.78 Å². The zero-order valence-electron chi connectivity index (χ0n) is 15.6. The van der Waals surface area contributed by atoms with Gasteiger partial charge in [-0.2, -0.15) is 0 Å². The number of hydrogen-bond acceptors (Lipinski definition) is 7. The Morgan fingerprint density at radius 1 is 1.30 bits per heavy atom. The highest BCUT2D eigenvalue weighted by molar-refractivity contribution is 9.10. The summed E-state index contributed by atoms with van der Waals surface area (Å²) in [5.41, 5.74) is 0.879. The highest BCUT2D eigenvalue weighted by atomic mass is 79.9. The maximum atomic E-state index is 12.6. The molecule has 0 aliphatic rings. The third-order valence-corrected chi connectivity index (χ3v) is 5.06. The van der Waals surface area contributed by atoms with E-state index in [2.05, 4.69) is 26.2 Å². The summed E-state index contributed by atoms with van der Waals surface area (Å²) >= 11 is 4.49. The molecule has 0 aliphatic carbocycles. The van der Waals surface area contributed by atoms with Crippen molar-refractivity contribution >= 4 is 44.3 Å². The second kappa shape index (κ2) is 9.70. The van der Waals surface area contributed by atoms with Gasteiger partial charge >= 0.3 is 5.97 Å². The summed E-state index contributed by atoms with van der Waals surface area (Å²) in [5, 5.41) is 3.02. The lowest BCUT2D eigenvalue weighted by Crippen LogP contribution is -2.12. The minimum atomic E-state index is -0.449. The van der Waals surface area contributed by atoms with Crippen molar-refractivity contribution in [2.24, 2.45) is 0 Å². The Hall–Kier alpha value is -2.13. The number of rotatable bonds is 8. The number of aryl methyl sites for hydroxylation is 1. The minimum absolute atomic E-state index is 0.276. The zero-order valence-corrected chi connectivity index (χ0v) is 18.0. The van der Waals surface area contributed by atoms with Gasteiger partial charge in [-0.1, -0.05) is 18.3 Å². The molecule has 0 atom stereocenters. The van der Waals surface area contributed by atoms with E-state index in [0.717, 1.165) is 17.8 Å². The molecule has 1 heterocycles. The number of nitrogens with one attached hydrogen (secondary N) is 1. The smallest absolute Gasteiger partial charge is 0.350 e. The van der Waals surface area contributed by atoms with E-state index in [9.17, 15) is 9.59 Å². The van der Waals surface area contributed by atoms with Crippen LogP contribution in [0.4, 0.5) is 5.13 Å². The van der Waals surface area contributed by atoms with E-state index in [4.69, 9.17) is 14.2 Å². The van der Waals surface area contributed by atoms with Crippen LogP contribution in [-0.4, -0.2) is 37.2 Å². The number of nitrogens with zero attached hydrogens (tertiary/aromatic N) is 1. The van der Waals surface area contributed by atoms with Crippen molar-refractivity contribution in [3.63, 3.8) is 0 Å². The first-order valence-corrected chi connectivity index (χ1v) is 9.98. The summed E-state index contributed by atoms with van der Waals surface area (Å²) in [7, 11) is 1.51. The second-order valence-corrected chi connectivity index (χ2v) is 7.30. The van der Waals surface area contributed by atoms with Gasteiger partial charge in [0.25, 0.3) is 5.91 Å².